The van der Waals surface area contributed by atoms with E-state index in [0.717, 1.165) is 16.7 Å². The number of nitrogens with two attached hydrogens (primary N) is 1. The molecule has 0 spiro atoms. The zero-order chi connectivity index (χ0) is 14.8. The predicted octanol–water partition coefficient (Wildman–Crippen LogP) is 1.41. The number of benzene rings is 1. The molecule has 0 atom stereocenters. The minimum atomic E-state index is -3.80. The van der Waals surface area contributed by atoms with Crippen LogP contribution < -0.4 is 10.0 Å². The van der Waals surface area contributed by atoms with Gasteiger partial charge in [0.05, 0.1) is 18.1 Å². The average molecular weight is 296 g/mol. The molecule has 0 aliphatic rings. The van der Waals surface area contributed by atoms with Crippen LogP contribution in [0.4, 0.5) is 16.0 Å². The average Bonchev–Trinajstić information content (AvgIpc) is 2.42. The molecule has 2 N–H and O–H groups in total. The normalized spacial score (nSPS) is 11.3. The van der Waals surface area contributed by atoms with Crippen molar-refractivity contribution in [1.29, 1.82) is 0 Å². The Hall–Kier alpha value is -2.22. The van der Waals surface area contributed by atoms with Crippen LogP contribution in [0.1, 0.15) is 6.92 Å². The lowest BCUT2D eigenvalue weighted by molar-refractivity contribution is 0.590. The first-order chi connectivity index (χ1) is 9.45. The van der Waals surface area contributed by atoms with Gasteiger partial charge < -0.3 is 5.73 Å². The molecule has 106 valence electrons. The van der Waals surface area contributed by atoms with Crippen LogP contribution in [0.2, 0.25) is 0 Å². The quantitative estimate of drug-likeness (QED) is 0.921. The second-order valence-corrected chi connectivity index (χ2v) is 5.79. The molecule has 0 saturated carbocycles. The van der Waals surface area contributed by atoms with Crippen molar-refractivity contribution in [3.63, 3.8) is 0 Å². The summed E-state index contributed by atoms with van der Waals surface area (Å²) in [4.78, 5) is 7.27. The van der Waals surface area contributed by atoms with Crippen molar-refractivity contribution < 1.29 is 12.8 Å². The molecule has 0 aliphatic carbocycles. The number of hydrogen-bond acceptors (Lipinski definition) is 5. The standard InChI is InChI=1S/C12H13FN4O2S/c1-2-17(10-5-3-9(13)4-6-10)20(18,19)11-7-15-12(14)16-8-11/h3-8H,2H2,1H3,(H2,14,15,16). The van der Waals surface area contributed by atoms with Crippen LogP contribution in [0.3, 0.4) is 0 Å². The lowest BCUT2D eigenvalue weighted by Gasteiger charge is -2.22. The van der Waals surface area contributed by atoms with Crippen LogP contribution in [-0.4, -0.2) is 24.9 Å². The fourth-order valence-corrected chi connectivity index (χ4v) is 3.05. The van der Waals surface area contributed by atoms with Crippen LogP contribution in [0, 0.1) is 5.82 Å². The first kappa shape index (κ1) is 14.2. The van der Waals surface area contributed by atoms with Crippen molar-refractivity contribution >= 4 is 21.7 Å². The molecule has 0 bridgehead atoms. The van der Waals surface area contributed by atoms with E-state index in [9.17, 15) is 12.8 Å². The first-order valence-electron chi connectivity index (χ1n) is 5.81. The summed E-state index contributed by atoms with van der Waals surface area (Å²) in [6, 6.07) is 5.20. The van der Waals surface area contributed by atoms with E-state index in [1.807, 2.05) is 0 Å². The molecule has 0 unspecified atom stereocenters. The molecule has 2 rings (SSSR count). The van der Waals surface area contributed by atoms with Gasteiger partial charge in [-0.1, -0.05) is 0 Å². The maximum Gasteiger partial charge on any atom is 0.267 e. The van der Waals surface area contributed by atoms with Crippen LogP contribution in [0.15, 0.2) is 41.6 Å². The van der Waals surface area contributed by atoms with Crippen molar-refractivity contribution in [2.24, 2.45) is 0 Å². The maximum atomic E-state index is 12.9. The van der Waals surface area contributed by atoms with Gasteiger partial charge in [-0.15, -0.1) is 0 Å². The zero-order valence-corrected chi connectivity index (χ0v) is 11.5. The van der Waals surface area contributed by atoms with Crippen LogP contribution in [0.5, 0.6) is 0 Å². The van der Waals surface area contributed by atoms with Gasteiger partial charge in [-0.25, -0.2) is 22.8 Å². The maximum absolute atomic E-state index is 12.9. The Morgan fingerprint density at radius 3 is 2.25 bits per heavy atom. The van der Waals surface area contributed by atoms with Crippen LogP contribution >= 0.6 is 0 Å². The van der Waals surface area contributed by atoms with Crippen LogP contribution in [-0.2, 0) is 10.0 Å². The van der Waals surface area contributed by atoms with Crippen molar-refractivity contribution in [2.45, 2.75) is 11.8 Å². The Labute approximate surface area is 116 Å². The van der Waals surface area contributed by atoms with Gasteiger partial charge in [-0.2, -0.15) is 0 Å². The largest absolute Gasteiger partial charge is 0.368 e. The van der Waals surface area contributed by atoms with E-state index in [-0.39, 0.29) is 17.4 Å². The van der Waals surface area contributed by atoms with E-state index in [2.05, 4.69) is 9.97 Å². The predicted molar refractivity (Wildman–Crippen MR) is 73.1 cm³/mol. The highest BCUT2D eigenvalue weighted by molar-refractivity contribution is 7.92. The second-order valence-electron chi connectivity index (χ2n) is 3.92. The molecule has 20 heavy (non-hydrogen) atoms. The van der Waals surface area contributed by atoms with Gasteiger partial charge >= 0.3 is 0 Å². The highest BCUT2D eigenvalue weighted by Gasteiger charge is 2.24. The Bertz CT molecular complexity index is 686. The van der Waals surface area contributed by atoms with E-state index < -0.39 is 15.8 Å². The summed E-state index contributed by atoms with van der Waals surface area (Å²) >= 11 is 0. The van der Waals surface area contributed by atoms with E-state index in [0.29, 0.717) is 5.69 Å². The number of anilines is 2. The number of nitrogens with zero attached hydrogens (tertiary/aromatic N) is 3. The smallest absolute Gasteiger partial charge is 0.267 e. The Morgan fingerprint density at radius 1 is 1.20 bits per heavy atom. The highest BCUT2D eigenvalue weighted by Crippen LogP contribution is 2.22. The third-order valence-electron chi connectivity index (χ3n) is 2.64. The summed E-state index contributed by atoms with van der Waals surface area (Å²) in [5.41, 5.74) is 5.70. The van der Waals surface area contributed by atoms with Crippen molar-refractivity contribution in [3.8, 4) is 0 Å². The van der Waals surface area contributed by atoms with E-state index in [1.54, 1.807) is 6.92 Å². The van der Waals surface area contributed by atoms with Crippen molar-refractivity contribution in [3.05, 3.63) is 42.5 Å². The summed E-state index contributed by atoms with van der Waals surface area (Å²) in [6.45, 7) is 1.87. The SMILES string of the molecule is CCN(c1ccc(F)cc1)S(=O)(=O)c1cnc(N)nc1. The van der Waals surface area contributed by atoms with Gasteiger partial charge in [-0.05, 0) is 31.2 Å². The van der Waals surface area contributed by atoms with Gasteiger partial charge in [0, 0.05) is 6.54 Å². The first-order valence-corrected chi connectivity index (χ1v) is 7.25. The third kappa shape index (κ3) is 2.69. The van der Waals surface area contributed by atoms with E-state index in [4.69, 9.17) is 5.73 Å². The minimum absolute atomic E-state index is 0.00576. The third-order valence-corrected chi connectivity index (χ3v) is 4.49. The fraction of sp³-hybridized carbons (Fsp3) is 0.167. The molecule has 0 saturated heterocycles. The molecular formula is C12H13FN4O2S. The van der Waals surface area contributed by atoms with Gasteiger partial charge in [0.1, 0.15) is 10.7 Å². The fourth-order valence-electron chi connectivity index (χ4n) is 1.69. The molecule has 6 nitrogen and oxygen atoms in total. The molecule has 0 radical (unpaired) electrons. The van der Waals surface area contributed by atoms with Crippen molar-refractivity contribution in [1.82, 2.24) is 9.97 Å². The summed E-state index contributed by atoms with van der Waals surface area (Å²) in [7, 11) is -3.80. The topological polar surface area (TPSA) is 89.2 Å². The Morgan fingerprint density at radius 2 is 1.75 bits per heavy atom. The lowest BCUT2D eigenvalue weighted by atomic mass is 10.3. The zero-order valence-electron chi connectivity index (χ0n) is 10.7. The summed E-state index contributed by atoms with van der Waals surface area (Å²) in [6.07, 6.45) is 2.29. The molecule has 0 aliphatic heterocycles. The molecule has 8 heteroatoms. The van der Waals surface area contributed by atoms with Gasteiger partial charge in [0.15, 0.2) is 0 Å². The van der Waals surface area contributed by atoms with Gasteiger partial charge in [0.2, 0.25) is 5.95 Å². The molecule has 0 fully saturated rings. The van der Waals surface area contributed by atoms with Crippen LogP contribution in [0.25, 0.3) is 0 Å². The Kier molecular flexibility index (Phi) is 3.84. The number of nitrogen functional groups attached to an aromatic ring is 1. The number of halogens is 1. The number of sulfonamides is 1. The molecule has 1 aromatic carbocycles. The second kappa shape index (κ2) is 5.41. The number of aromatic nitrogens is 2. The molecule has 1 aromatic heterocycles. The van der Waals surface area contributed by atoms with E-state index in [1.165, 1.54) is 24.3 Å². The van der Waals surface area contributed by atoms with Gasteiger partial charge in [-0.3, -0.25) is 4.31 Å². The summed E-state index contributed by atoms with van der Waals surface area (Å²) in [5.74, 6) is -0.438. The Balaban J connectivity index is 2.44. The molecule has 0 amide bonds. The lowest BCUT2D eigenvalue weighted by Crippen LogP contribution is -2.31. The molecular weight excluding hydrogens is 283 g/mol. The minimum Gasteiger partial charge on any atom is -0.368 e. The number of rotatable bonds is 4. The summed E-state index contributed by atoms with van der Waals surface area (Å²) in [5, 5.41) is 0. The number of hydrogen-bond donors (Lipinski definition) is 1. The van der Waals surface area contributed by atoms with Gasteiger partial charge in [0.25, 0.3) is 10.0 Å². The summed E-state index contributed by atoms with van der Waals surface area (Å²) < 4.78 is 39.0. The molecule has 1 heterocycles. The monoisotopic (exact) mass is 296 g/mol. The van der Waals surface area contributed by atoms with E-state index >= 15 is 0 Å². The van der Waals surface area contributed by atoms with Crippen molar-refractivity contribution in [2.75, 3.05) is 16.6 Å². The highest BCUT2D eigenvalue weighted by atomic mass is 32.2. The molecule has 2 aromatic rings.